The van der Waals surface area contributed by atoms with Crippen LogP contribution in [-0.4, -0.2) is 48.1 Å². The van der Waals surface area contributed by atoms with Gasteiger partial charge in [0.2, 0.25) is 0 Å². The third kappa shape index (κ3) is 6.47. The predicted octanol–water partition coefficient (Wildman–Crippen LogP) is 4.80. The first-order valence-corrected chi connectivity index (χ1v) is 10.1. The van der Waals surface area contributed by atoms with E-state index in [-0.39, 0.29) is 0 Å². The fourth-order valence-corrected chi connectivity index (χ4v) is 4.13. The van der Waals surface area contributed by atoms with Crippen molar-refractivity contribution in [3.8, 4) is 5.75 Å². The van der Waals surface area contributed by atoms with E-state index in [1.165, 1.54) is 12.1 Å². The average Bonchev–Trinajstić information content (AvgIpc) is 2.68. The molecule has 1 heterocycles. The van der Waals surface area contributed by atoms with Crippen LogP contribution in [-0.2, 0) is 19.1 Å². The van der Waals surface area contributed by atoms with E-state index < -0.39 is 11.7 Å². The van der Waals surface area contributed by atoms with E-state index in [0.717, 1.165) is 56.2 Å². The Morgan fingerprint density at radius 3 is 2.69 bits per heavy atom. The van der Waals surface area contributed by atoms with Crippen LogP contribution >= 0.6 is 0 Å². The summed E-state index contributed by atoms with van der Waals surface area (Å²) < 4.78 is 38.7. The highest BCUT2D eigenvalue weighted by atomic mass is 19.4. The van der Waals surface area contributed by atoms with Crippen LogP contribution in [0.2, 0.25) is 0 Å². The molecule has 1 N–H and O–H groups in total. The summed E-state index contributed by atoms with van der Waals surface area (Å²) in [5.74, 6) is 0.854. The van der Waals surface area contributed by atoms with Crippen LogP contribution in [0.25, 0.3) is 0 Å². The number of phenolic OH excluding ortho intramolecular Hbond substituents is 1. The number of likely N-dealkylation sites (tertiary alicyclic amines) is 1. The molecule has 1 fully saturated rings. The maximum atomic E-state index is 12.9. The van der Waals surface area contributed by atoms with Gasteiger partial charge < -0.3 is 14.9 Å². The number of halogens is 3. The lowest BCUT2D eigenvalue weighted by atomic mass is 9.96. The number of alkyl halides is 3. The van der Waals surface area contributed by atoms with E-state index in [2.05, 4.69) is 16.8 Å². The lowest BCUT2D eigenvalue weighted by Gasteiger charge is -2.35. The van der Waals surface area contributed by atoms with Crippen molar-refractivity contribution in [1.82, 2.24) is 9.80 Å². The lowest BCUT2D eigenvalue weighted by Crippen LogP contribution is -2.40. The zero-order valence-corrected chi connectivity index (χ0v) is 16.8. The van der Waals surface area contributed by atoms with E-state index in [0.29, 0.717) is 24.6 Å². The summed E-state index contributed by atoms with van der Waals surface area (Å²) >= 11 is 0. The molecule has 6 heteroatoms. The number of hydrogen-bond acceptors (Lipinski definition) is 3. The van der Waals surface area contributed by atoms with Crippen LogP contribution in [0.5, 0.6) is 5.75 Å². The topological polar surface area (TPSA) is 26.7 Å². The maximum Gasteiger partial charge on any atom is 0.416 e. The monoisotopic (exact) mass is 406 g/mol. The first-order valence-electron chi connectivity index (χ1n) is 10.1. The van der Waals surface area contributed by atoms with Crippen molar-refractivity contribution in [2.75, 3.05) is 33.2 Å². The van der Waals surface area contributed by atoms with Gasteiger partial charge in [0.1, 0.15) is 5.75 Å². The Bertz CT molecular complexity index is 794. The molecule has 3 rings (SSSR count). The van der Waals surface area contributed by atoms with Crippen LogP contribution < -0.4 is 0 Å². The molecule has 1 atom stereocenters. The number of rotatable bonds is 7. The Labute approximate surface area is 170 Å². The molecule has 2 aromatic carbocycles. The SMILES string of the molecule is CN(Cc1ccccc1O)CC1CCCN(CCc2cccc(C(F)(F)F)c2)C1. The summed E-state index contributed by atoms with van der Waals surface area (Å²) in [5.41, 5.74) is 1.09. The molecule has 1 unspecified atom stereocenters. The molecule has 0 amide bonds. The lowest BCUT2D eigenvalue weighted by molar-refractivity contribution is -0.137. The van der Waals surface area contributed by atoms with E-state index >= 15 is 0 Å². The van der Waals surface area contributed by atoms with Gasteiger partial charge in [-0.25, -0.2) is 0 Å². The van der Waals surface area contributed by atoms with Gasteiger partial charge in [-0.05, 0) is 56.5 Å². The van der Waals surface area contributed by atoms with E-state index in [1.54, 1.807) is 12.1 Å². The molecule has 1 aliphatic heterocycles. The first-order chi connectivity index (χ1) is 13.8. The van der Waals surface area contributed by atoms with Gasteiger partial charge in [-0.3, -0.25) is 0 Å². The Kier molecular flexibility index (Phi) is 7.19. The fourth-order valence-electron chi connectivity index (χ4n) is 4.13. The van der Waals surface area contributed by atoms with Crippen LogP contribution in [0.15, 0.2) is 48.5 Å². The maximum absolute atomic E-state index is 12.9. The molecule has 29 heavy (non-hydrogen) atoms. The minimum absolute atomic E-state index is 0.325. The fraction of sp³-hybridized carbons (Fsp3) is 0.478. The van der Waals surface area contributed by atoms with Gasteiger partial charge >= 0.3 is 6.18 Å². The highest BCUT2D eigenvalue weighted by molar-refractivity contribution is 5.31. The van der Waals surface area contributed by atoms with Gasteiger partial charge in [-0.15, -0.1) is 0 Å². The zero-order chi connectivity index (χ0) is 20.9. The van der Waals surface area contributed by atoms with Crippen molar-refractivity contribution in [1.29, 1.82) is 0 Å². The second kappa shape index (κ2) is 9.63. The molecule has 158 valence electrons. The molecule has 0 aliphatic carbocycles. The van der Waals surface area contributed by atoms with Crippen LogP contribution in [0.1, 0.15) is 29.5 Å². The number of nitrogens with zero attached hydrogens (tertiary/aromatic N) is 2. The molecule has 0 radical (unpaired) electrons. The van der Waals surface area contributed by atoms with Crippen LogP contribution in [0, 0.1) is 5.92 Å². The molecule has 1 saturated heterocycles. The summed E-state index contributed by atoms with van der Waals surface area (Å²) in [7, 11) is 2.06. The molecule has 3 nitrogen and oxygen atoms in total. The van der Waals surface area contributed by atoms with Crippen molar-refractivity contribution in [2.24, 2.45) is 5.92 Å². The van der Waals surface area contributed by atoms with Gasteiger partial charge in [0.15, 0.2) is 0 Å². The minimum atomic E-state index is -4.29. The Balaban J connectivity index is 1.49. The van der Waals surface area contributed by atoms with E-state index in [9.17, 15) is 18.3 Å². The van der Waals surface area contributed by atoms with E-state index in [4.69, 9.17) is 0 Å². The summed E-state index contributed by atoms with van der Waals surface area (Å²) in [5, 5.41) is 9.95. The van der Waals surface area contributed by atoms with Crippen LogP contribution in [0.3, 0.4) is 0 Å². The number of hydrogen-bond donors (Lipinski definition) is 1. The van der Waals surface area contributed by atoms with Crippen molar-refractivity contribution in [3.63, 3.8) is 0 Å². The summed E-state index contributed by atoms with van der Waals surface area (Å²) in [4.78, 5) is 4.60. The van der Waals surface area contributed by atoms with Gasteiger partial charge in [0.25, 0.3) is 0 Å². The van der Waals surface area contributed by atoms with Crippen LogP contribution in [0.4, 0.5) is 13.2 Å². The Morgan fingerprint density at radius 2 is 1.93 bits per heavy atom. The van der Waals surface area contributed by atoms with Crippen molar-refractivity contribution < 1.29 is 18.3 Å². The second-order valence-electron chi connectivity index (χ2n) is 8.08. The minimum Gasteiger partial charge on any atom is -0.508 e. The molecular weight excluding hydrogens is 377 g/mol. The molecule has 0 saturated carbocycles. The zero-order valence-electron chi connectivity index (χ0n) is 16.8. The third-order valence-electron chi connectivity index (χ3n) is 5.58. The molecule has 0 aromatic heterocycles. The number of para-hydroxylation sites is 1. The highest BCUT2D eigenvalue weighted by Gasteiger charge is 2.30. The van der Waals surface area contributed by atoms with Gasteiger partial charge in [-0.1, -0.05) is 36.4 Å². The predicted molar refractivity (Wildman–Crippen MR) is 109 cm³/mol. The second-order valence-corrected chi connectivity index (χ2v) is 8.08. The molecule has 0 bridgehead atoms. The van der Waals surface area contributed by atoms with Gasteiger partial charge in [0.05, 0.1) is 5.56 Å². The highest BCUT2D eigenvalue weighted by Crippen LogP contribution is 2.29. The smallest absolute Gasteiger partial charge is 0.416 e. The quantitative estimate of drug-likeness (QED) is 0.716. The number of phenols is 1. The van der Waals surface area contributed by atoms with Crippen molar-refractivity contribution >= 4 is 0 Å². The Morgan fingerprint density at radius 1 is 1.14 bits per heavy atom. The van der Waals surface area contributed by atoms with Crippen molar-refractivity contribution in [2.45, 2.75) is 32.0 Å². The summed E-state index contributed by atoms with van der Waals surface area (Å²) in [6, 6.07) is 13.1. The number of piperidine rings is 1. The summed E-state index contributed by atoms with van der Waals surface area (Å²) in [6.45, 7) is 4.38. The number of benzene rings is 2. The average molecular weight is 406 g/mol. The summed E-state index contributed by atoms with van der Waals surface area (Å²) in [6.07, 6.45) is -1.39. The molecule has 2 aromatic rings. The molecule has 1 aliphatic rings. The van der Waals surface area contributed by atoms with E-state index in [1.807, 2.05) is 18.2 Å². The Hall–Kier alpha value is -2.05. The van der Waals surface area contributed by atoms with Crippen molar-refractivity contribution in [3.05, 3.63) is 65.2 Å². The number of aromatic hydroxyl groups is 1. The van der Waals surface area contributed by atoms with Gasteiger partial charge in [0, 0.05) is 31.7 Å². The standard InChI is InChI=1S/C23H29F3N2O/c1-27(17-20-8-2-3-10-22(20)29)15-19-7-5-12-28(16-19)13-11-18-6-4-9-21(14-18)23(24,25)26/h2-4,6,8-10,14,19,29H,5,7,11-13,15-17H2,1H3. The first kappa shape index (κ1) is 21.7. The largest absolute Gasteiger partial charge is 0.508 e. The van der Waals surface area contributed by atoms with Gasteiger partial charge in [-0.2, -0.15) is 13.2 Å². The third-order valence-corrected chi connectivity index (χ3v) is 5.58. The molecule has 0 spiro atoms. The normalized spacial score (nSPS) is 18.3. The molecular formula is C23H29F3N2O.